The molecule has 2 aromatic heterocycles. The monoisotopic (exact) mass is 252 g/mol. The van der Waals surface area contributed by atoms with Crippen molar-refractivity contribution in [3.8, 4) is 0 Å². The van der Waals surface area contributed by atoms with Gasteiger partial charge in [0.15, 0.2) is 5.82 Å². The lowest BCUT2D eigenvalue weighted by atomic mass is 10.3. The largest absolute Gasteiger partial charge is 0.343 e. The van der Waals surface area contributed by atoms with Crippen molar-refractivity contribution in [1.82, 2.24) is 20.4 Å². The summed E-state index contributed by atoms with van der Waals surface area (Å²) in [6.07, 6.45) is 2.62. The summed E-state index contributed by atoms with van der Waals surface area (Å²) < 4.78 is 4.59. The molecule has 88 valence electrons. The van der Waals surface area contributed by atoms with Crippen LogP contribution < -0.4 is 5.32 Å². The fraction of sp³-hybridized carbons (Fsp3) is 0.200. The van der Waals surface area contributed by atoms with Gasteiger partial charge in [0.2, 0.25) is 6.39 Å². The number of pyridine rings is 1. The van der Waals surface area contributed by atoms with Crippen molar-refractivity contribution in [2.24, 2.45) is 0 Å². The molecule has 0 saturated heterocycles. The predicted molar refractivity (Wildman–Crippen MR) is 59.4 cm³/mol. The van der Waals surface area contributed by atoms with Crippen LogP contribution in [0.1, 0.15) is 29.3 Å². The van der Waals surface area contributed by atoms with E-state index >= 15 is 0 Å². The molecule has 2 heterocycles. The number of nitrogens with zero attached hydrogens (tertiary/aromatic N) is 3. The number of rotatable bonds is 3. The molecule has 0 aliphatic heterocycles. The molecule has 2 rings (SSSR count). The molecule has 17 heavy (non-hydrogen) atoms. The van der Waals surface area contributed by atoms with Crippen LogP contribution in [0.3, 0.4) is 0 Å². The van der Waals surface area contributed by atoms with Gasteiger partial charge in [-0.2, -0.15) is 4.98 Å². The third-order valence-corrected chi connectivity index (χ3v) is 2.30. The van der Waals surface area contributed by atoms with Gasteiger partial charge in [0.1, 0.15) is 5.69 Å². The quantitative estimate of drug-likeness (QED) is 0.898. The van der Waals surface area contributed by atoms with Gasteiger partial charge >= 0.3 is 0 Å². The standard InChI is InChI=1S/C10H9ClN4O2/c1-6(9-13-5-17-15-9)14-10(16)8-3-2-7(11)4-12-8/h2-6H,1H3,(H,14,16)/t6-/m0/s1. The van der Waals surface area contributed by atoms with Crippen LogP contribution in [0.4, 0.5) is 0 Å². The summed E-state index contributed by atoms with van der Waals surface area (Å²) in [4.78, 5) is 19.5. The van der Waals surface area contributed by atoms with Gasteiger partial charge in [0.05, 0.1) is 11.1 Å². The van der Waals surface area contributed by atoms with Gasteiger partial charge in [-0.3, -0.25) is 4.79 Å². The molecule has 0 aliphatic carbocycles. The van der Waals surface area contributed by atoms with Crippen LogP contribution in [0.2, 0.25) is 5.02 Å². The number of amides is 1. The molecule has 0 unspecified atom stereocenters. The predicted octanol–water partition coefficient (Wildman–Crippen LogP) is 1.61. The van der Waals surface area contributed by atoms with Crippen molar-refractivity contribution in [3.63, 3.8) is 0 Å². The Balaban J connectivity index is 2.04. The average molecular weight is 253 g/mol. The lowest BCUT2D eigenvalue weighted by Crippen LogP contribution is -2.28. The minimum absolute atomic E-state index is 0.282. The van der Waals surface area contributed by atoms with Gasteiger partial charge in [-0.05, 0) is 19.1 Å². The van der Waals surface area contributed by atoms with Crippen LogP contribution >= 0.6 is 11.6 Å². The summed E-state index contributed by atoms with van der Waals surface area (Å²) in [5.41, 5.74) is 0.282. The zero-order valence-electron chi connectivity index (χ0n) is 8.92. The Morgan fingerprint density at radius 2 is 2.29 bits per heavy atom. The molecular weight excluding hydrogens is 244 g/mol. The van der Waals surface area contributed by atoms with E-state index in [0.717, 1.165) is 0 Å². The van der Waals surface area contributed by atoms with Crippen molar-refractivity contribution in [3.05, 3.63) is 41.3 Å². The van der Waals surface area contributed by atoms with E-state index in [-0.39, 0.29) is 17.6 Å². The fourth-order valence-electron chi connectivity index (χ4n) is 1.21. The van der Waals surface area contributed by atoms with Crippen LogP contribution in [0.15, 0.2) is 29.2 Å². The third kappa shape index (κ3) is 2.79. The second-order valence-electron chi connectivity index (χ2n) is 3.35. The highest BCUT2D eigenvalue weighted by molar-refractivity contribution is 6.30. The Labute approximate surface area is 102 Å². The van der Waals surface area contributed by atoms with E-state index in [4.69, 9.17) is 11.6 Å². The van der Waals surface area contributed by atoms with E-state index in [1.54, 1.807) is 19.1 Å². The number of hydrogen-bond donors (Lipinski definition) is 1. The Morgan fingerprint density at radius 3 is 2.88 bits per heavy atom. The lowest BCUT2D eigenvalue weighted by Gasteiger charge is -2.09. The van der Waals surface area contributed by atoms with Crippen molar-refractivity contribution < 1.29 is 9.32 Å². The van der Waals surface area contributed by atoms with Crippen LogP contribution in [0.5, 0.6) is 0 Å². The molecule has 6 nitrogen and oxygen atoms in total. The van der Waals surface area contributed by atoms with Crippen LogP contribution in [-0.2, 0) is 0 Å². The van der Waals surface area contributed by atoms with E-state index in [2.05, 4.69) is 25.0 Å². The number of carbonyl (C=O) groups excluding carboxylic acids is 1. The molecule has 0 saturated carbocycles. The molecule has 0 radical (unpaired) electrons. The first-order chi connectivity index (χ1) is 8.16. The highest BCUT2D eigenvalue weighted by Crippen LogP contribution is 2.09. The molecule has 0 bridgehead atoms. The van der Waals surface area contributed by atoms with Crippen LogP contribution in [0, 0.1) is 0 Å². The summed E-state index contributed by atoms with van der Waals surface area (Å²) in [5.74, 6) is 0.0891. The molecule has 0 spiro atoms. The topological polar surface area (TPSA) is 80.9 Å². The summed E-state index contributed by atoms with van der Waals surface area (Å²) >= 11 is 5.68. The highest BCUT2D eigenvalue weighted by atomic mass is 35.5. The van der Waals surface area contributed by atoms with Gasteiger partial charge in [-0.15, -0.1) is 0 Å². The molecule has 1 atom stereocenters. The summed E-state index contributed by atoms with van der Waals surface area (Å²) in [6, 6.07) is 2.79. The third-order valence-electron chi connectivity index (χ3n) is 2.07. The zero-order chi connectivity index (χ0) is 12.3. The van der Waals surface area contributed by atoms with E-state index in [9.17, 15) is 4.79 Å². The van der Waals surface area contributed by atoms with Gasteiger partial charge in [0, 0.05) is 6.20 Å². The molecule has 1 amide bonds. The van der Waals surface area contributed by atoms with Crippen molar-refractivity contribution in [1.29, 1.82) is 0 Å². The Bertz CT molecular complexity index is 498. The summed E-state index contributed by atoms with van der Waals surface area (Å²) in [7, 11) is 0. The Hall–Kier alpha value is -1.95. The molecular formula is C10H9ClN4O2. The molecule has 1 N–H and O–H groups in total. The maximum Gasteiger partial charge on any atom is 0.270 e. The average Bonchev–Trinajstić information content (AvgIpc) is 2.83. The van der Waals surface area contributed by atoms with E-state index < -0.39 is 0 Å². The molecule has 2 aromatic rings. The Morgan fingerprint density at radius 1 is 1.47 bits per heavy atom. The number of nitrogens with one attached hydrogen (secondary N) is 1. The fourth-order valence-corrected chi connectivity index (χ4v) is 1.33. The number of halogens is 1. The first-order valence-electron chi connectivity index (χ1n) is 4.85. The second kappa shape index (κ2) is 4.92. The summed E-state index contributed by atoms with van der Waals surface area (Å²) in [5, 5.41) is 6.80. The smallest absolute Gasteiger partial charge is 0.270 e. The van der Waals surface area contributed by atoms with Crippen molar-refractivity contribution >= 4 is 17.5 Å². The maximum atomic E-state index is 11.8. The van der Waals surface area contributed by atoms with Crippen LogP contribution in [0.25, 0.3) is 0 Å². The highest BCUT2D eigenvalue weighted by Gasteiger charge is 2.15. The number of aromatic nitrogens is 3. The Kier molecular flexibility index (Phi) is 3.34. The van der Waals surface area contributed by atoms with Crippen molar-refractivity contribution in [2.45, 2.75) is 13.0 Å². The number of hydrogen-bond acceptors (Lipinski definition) is 5. The first-order valence-corrected chi connectivity index (χ1v) is 5.23. The van der Waals surface area contributed by atoms with Gasteiger partial charge in [-0.1, -0.05) is 16.8 Å². The minimum Gasteiger partial charge on any atom is -0.343 e. The van der Waals surface area contributed by atoms with Gasteiger partial charge < -0.3 is 9.84 Å². The lowest BCUT2D eigenvalue weighted by molar-refractivity contribution is 0.0933. The number of carbonyl (C=O) groups is 1. The van der Waals surface area contributed by atoms with Gasteiger partial charge in [0.25, 0.3) is 5.91 Å². The first kappa shape index (κ1) is 11.5. The summed E-state index contributed by atoms with van der Waals surface area (Å²) in [6.45, 7) is 1.75. The van der Waals surface area contributed by atoms with E-state index in [1.807, 2.05) is 0 Å². The normalized spacial score (nSPS) is 12.1. The zero-order valence-corrected chi connectivity index (χ0v) is 9.68. The maximum absolute atomic E-state index is 11.8. The minimum atomic E-state index is -0.348. The molecule has 0 fully saturated rings. The SMILES string of the molecule is C[C@H](NC(=O)c1ccc(Cl)cn1)c1ncon1. The van der Waals surface area contributed by atoms with Gasteiger partial charge in [-0.25, -0.2) is 4.98 Å². The molecule has 7 heteroatoms. The van der Waals surface area contributed by atoms with E-state index in [0.29, 0.717) is 10.8 Å². The molecule has 0 aliphatic rings. The van der Waals surface area contributed by atoms with Crippen molar-refractivity contribution in [2.75, 3.05) is 0 Å². The van der Waals surface area contributed by atoms with E-state index in [1.165, 1.54) is 12.6 Å². The molecule has 0 aromatic carbocycles. The van der Waals surface area contributed by atoms with Crippen LogP contribution in [-0.4, -0.2) is 21.0 Å². The second-order valence-corrected chi connectivity index (χ2v) is 3.78.